The van der Waals surface area contributed by atoms with E-state index in [-0.39, 0.29) is 0 Å². The minimum absolute atomic E-state index is 0.785. The van der Waals surface area contributed by atoms with Crippen LogP contribution in [-0.4, -0.2) is 16.5 Å². The Hall–Kier alpha value is -1.90. The van der Waals surface area contributed by atoms with Crippen molar-refractivity contribution in [3.8, 4) is 11.3 Å². The van der Waals surface area contributed by atoms with Gasteiger partial charge in [0.2, 0.25) is 0 Å². The Labute approximate surface area is 120 Å². The normalized spacial score (nSPS) is 14.8. The van der Waals surface area contributed by atoms with E-state index in [0.29, 0.717) is 0 Å². The lowest BCUT2D eigenvalue weighted by Gasteiger charge is -2.25. The summed E-state index contributed by atoms with van der Waals surface area (Å²) in [5.41, 5.74) is 3.54. The SMILES string of the molecule is CCCNc1cncc(-c2ccc(C3CCC3)cc2)n1. The Kier molecular flexibility index (Phi) is 3.95. The lowest BCUT2D eigenvalue weighted by atomic mass is 9.80. The highest BCUT2D eigenvalue weighted by atomic mass is 15.0. The number of hydrogen-bond donors (Lipinski definition) is 1. The van der Waals surface area contributed by atoms with Gasteiger partial charge in [0.15, 0.2) is 0 Å². The van der Waals surface area contributed by atoms with Crippen LogP contribution in [0, 0.1) is 0 Å². The highest BCUT2D eigenvalue weighted by molar-refractivity contribution is 5.60. The molecule has 20 heavy (non-hydrogen) atoms. The Bertz CT molecular complexity index is 559. The largest absolute Gasteiger partial charge is 0.369 e. The van der Waals surface area contributed by atoms with Crippen LogP contribution in [0.15, 0.2) is 36.7 Å². The maximum atomic E-state index is 4.62. The first kappa shape index (κ1) is 13.1. The van der Waals surface area contributed by atoms with Crippen LogP contribution in [0.3, 0.4) is 0 Å². The number of nitrogens with zero attached hydrogens (tertiary/aromatic N) is 2. The topological polar surface area (TPSA) is 37.8 Å². The van der Waals surface area contributed by atoms with Crippen LogP contribution in [-0.2, 0) is 0 Å². The summed E-state index contributed by atoms with van der Waals surface area (Å²) in [5, 5.41) is 3.28. The number of hydrogen-bond acceptors (Lipinski definition) is 3. The molecule has 0 unspecified atom stereocenters. The molecule has 1 fully saturated rings. The van der Waals surface area contributed by atoms with E-state index in [0.717, 1.165) is 36.0 Å². The van der Waals surface area contributed by atoms with Gasteiger partial charge in [-0.3, -0.25) is 4.98 Å². The Morgan fingerprint density at radius 3 is 2.60 bits per heavy atom. The second-order valence-corrected chi connectivity index (χ2v) is 5.47. The molecule has 3 rings (SSSR count). The molecule has 2 aromatic rings. The fourth-order valence-corrected chi connectivity index (χ4v) is 2.51. The highest BCUT2D eigenvalue weighted by Gasteiger charge is 2.19. The van der Waals surface area contributed by atoms with Crippen LogP contribution in [0.25, 0.3) is 11.3 Å². The summed E-state index contributed by atoms with van der Waals surface area (Å²) in [4.78, 5) is 8.89. The molecule has 3 heteroatoms. The van der Waals surface area contributed by atoms with Crippen LogP contribution in [0.5, 0.6) is 0 Å². The summed E-state index contributed by atoms with van der Waals surface area (Å²) in [6, 6.07) is 8.82. The molecule has 0 amide bonds. The average molecular weight is 267 g/mol. The number of benzene rings is 1. The van der Waals surface area contributed by atoms with Crippen LogP contribution in [0.1, 0.15) is 44.1 Å². The van der Waals surface area contributed by atoms with E-state index in [1.807, 2.05) is 6.20 Å². The number of rotatable bonds is 5. The number of nitrogens with one attached hydrogen (secondary N) is 1. The van der Waals surface area contributed by atoms with Gasteiger partial charge in [-0.15, -0.1) is 0 Å². The molecule has 104 valence electrons. The number of anilines is 1. The summed E-state index contributed by atoms with van der Waals surface area (Å²) in [7, 11) is 0. The van der Waals surface area contributed by atoms with Crippen LogP contribution in [0.2, 0.25) is 0 Å². The third-order valence-electron chi connectivity index (χ3n) is 3.97. The van der Waals surface area contributed by atoms with Crippen molar-refractivity contribution in [2.75, 3.05) is 11.9 Å². The molecule has 0 spiro atoms. The predicted octanol–water partition coefficient (Wildman–Crippen LogP) is 4.23. The van der Waals surface area contributed by atoms with E-state index in [1.165, 1.54) is 24.8 Å². The fraction of sp³-hybridized carbons (Fsp3) is 0.412. The first-order valence-electron chi connectivity index (χ1n) is 7.53. The van der Waals surface area contributed by atoms with Crippen LogP contribution < -0.4 is 5.32 Å². The Morgan fingerprint density at radius 2 is 1.95 bits per heavy atom. The van der Waals surface area contributed by atoms with Crippen molar-refractivity contribution in [2.45, 2.75) is 38.5 Å². The van der Waals surface area contributed by atoms with Gasteiger partial charge in [0.1, 0.15) is 5.82 Å². The van der Waals surface area contributed by atoms with Gasteiger partial charge >= 0.3 is 0 Å². The van der Waals surface area contributed by atoms with Crippen molar-refractivity contribution in [2.24, 2.45) is 0 Å². The van der Waals surface area contributed by atoms with Crippen molar-refractivity contribution >= 4 is 5.82 Å². The van der Waals surface area contributed by atoms with E-state index < -0.39 is 0 Å². The zero-order chi connectivity index (χ0) is 13.8. The Morgan fingerprint density at radius 1 is 1.15 bits per heavy atom. The summed E-state index contributed by atoms with van der Waals surface area (Å²) in [6.45, 7) is 3.07. The molecule has 1 aromatic heterocycles. The van der Waals surface area contributed by atoms with Crippen molar-refractivity contribution in [1.82, 2.24) is 9.97 Å². The molecule has 1 aliphatic rings. The lowest BCUT2D eigenvalue weighted by molar-refractivity contribution is 0.420. The van der Waals surface area contributed by atoms with Gasteiger partial charge in [-0.05, 0) is 30.7 Å². The molecular weight excluding hydrogens is 246 g/mol. The van der Waals surface area contributed by atoms with E-state index in [1.54, 1.807) is 6.20 Å². The third-order valence-corrected chi connectivity index (χ3v) is 3.97. The summed E-state index contributed by atoms with van der Waals surface area (Å²) in [5.74, 6) is 1.64. The molecule has 0 radical (unpaired) electrons. The molecule has 1 aromatic carbocycles. The second kappa shape index (κ2) is 6.04. The van der Waals surface area contributed by atoms with E-state index in [4.69, 9.17) is 0 Å². The van der Waals surface area contributed by atoms with E-state index >= 15 is 0 Å². The number of aromatic nitrogens is 2. The quantitative estimate of drug-likeness (QED) is 0.880. The van der Waals surface area contributed by atoms with Gasteiger partial charge in [0.25, 0.3) is 0 Å². The summed E-state index contributed by atoms with van der Waals surface area (Å²) < 4.78 is 0. The molecule has 0 bridgehead atoms. The van der Waals surface area contributed by atoms with Gasteiger partial charge in [0.05, 0.1) is 18.1 Å². The van der Waals surface area contributed by atoms with Crippen molar-refractivity contribution < 1.29 is 0 Å². The average Bonchev–Trinajstić information content (AvgIpc) is 2.44. The van der Waals surface area contributed by atoms with E-state index in [2.05, 4.69) is 46.5 Å². The molecule has 1 saturated carbocycles. The minimum atomic E-state index is 0.785. The molecule has 1 aliphatic carbocycles. The molecule has 0 aliphatic heterocycles. The van der Waals surface area contributed by atoms with Gasteiger partial charge in [-0.25, -0.2) is 4.98 Å². The maximum Gasteiger partial charge on any atom is 0.145 e. The van der Waals surface area contributed by atoms with Gasteiger partial charge < -0.3 is 5.32 Å². The zero-order valence-corrected chi connectivity index (χ0v) is 12.0. The van der Waals surface area contributed by atoms with Gasteiger partial charge in [-0.1, -0.05) is 37.6 Å². The van der Waals surface area contributed by atoms with Crippen molar-refractivity contribution in [3.05, 3.63) is 42.2 Å². The molecule has 0 saturated heterocycles. The van der Waals surface area contributed by atoms with Crippen molar-refractivity contribution in [3.63, 3.8) is 0 Å². The monoisotopic (exact) mass is 267 g/mol. The molecular formula is C17H21N3. The zero-order valence-electron chi connectivity index (χ0n) is 12.0. The molecule has 1 N–H and O–H groups in total. The highest BCUT2D eigenvalue weighted by Crippen LogP contribution is 2.36. The first-order valence-corrected chi connectivity index (χ1v) is 7.53. The predicted molar refractivity (Wildman–Crippen MR) is 82.8 cm³/mol. The lowest BCUT2D eigenvalue weighted by Crippen LogP contribution is -2.08. The third kappa shape index (κ3) is 2.82. The second-order valence-electron chi connectivity index (χ2n) is 5.47. The summed E-state index contributed by atoms with van der Waals surface area (Å²) >= 11 is 0. The smallest absolute Gasteiger partial charge is 0.145 e. The van der Waals surface area contributed by atoms with Crippen LogP contribution >= 0.6 is 0 Å². The molecule has 3 nitrogen and oxygen atoms in total. The standard InChI is InChI=1S/C17H21N3/c1-2-10-19-17-12-18-11-16(20-17)15-8-6-14(7-9-15)13-4-3-5-13/h6-9,11-13H,2-5,10H2,1H3,(H,19,20). The van der Waals surface area contributed by atoms with Gasteiger partial charge in [-0.2, -0.15) is 0 Å². The Balaban J connectivity index is 1.77. The molecule has 1 heterocycles. The van der Waals surface area contributed by atoms with E-state index in [9.17, 15) is 0 Å². The molecule has 0 atom stereocenters. The summed E-state index contributed by atoms with van der Waals surface area (Å²) in [6.07, 6.45) is 8.76. The minimum Gasteiger partial charge on any atom is -0.369 e. The van der Waals surface area contributed by atoms with Crippen LogP contribution in [0.4, 0.5) is 5.82 Å². The van der Waals surface area contributed by atoms with Crippen molar-refractivity contribution in [1.29, 1.82) is 0 Å². The van der Waals surface area contributed by atoms with Gasteiger partial charge in [0, 0.05) is 12.1 Å². The first-order chi connectivity index (χ1) is 9.86. The fourth-order valence-electron chi connectivity index (χ4n) is 2.51. The maximum absolute atomic E-state index is 4.62.